The molecule has 5 nitrogen and oxygen atoms in total. The number of hydrogen-bond acceptors (Lipinski definition) is 5. The van der Waals surface area contributed by atoms with Crippen LogP contribution >= 0.6 is 11.6 Å². The number of aliphatic hydroxyl groups is 1. The molecule has 6 heteroatoms. The molecule has 29 heavy (non-hydrogen) atoms. The summed E-state index contributed by atoms with van der Waals surface area (Å²) in [5, 5.41) is 11.2. The zero-order chi connectivity index (χ0) is 19.8. The van der Waals surface area contributed by atoms with Gasteiger partial charge in [0.15, 0.2) is 11.5 Å². The largest absolute Gasteiger partial charge is 0.454 e. The Kier molecular flexibility index (Phi) is 5.04. The second-order valence-corrected chi connectivity index (χ2v) is 8.12. The predicted octanol–water partition coefficient (Wildman–Crippen LogP) is 4.63. The highest BCUT2D eigenvalue weighted by Crippen LogP contribution is 2.38. The molecule has 3 heterocycles. The molecule has 1 aromatic heterocycles. The topological polar surface area (TPSA) is 54.8 Å². The Morgan fingerprint density at radius 2 is 1.90 bits per heavy atom. The van der Waals surface area contributed by atoms with E-state index in [2.05, 4.69) is 11.0 Å². The lowest BCUT2D eigenvalue weighted by molar-refractivity contribution is 0.174. The number of benzene rings is 2. The molecule has 0 aliphatic carbocycles. The maximum atomic E-state index is 9.42. The second kappa shape index (κ2) is 7.82. The number of fused-ring (bicyclic) bond motifs is 2. The van der Waals surface area contributed by atoms with Crippen LogP contribution in [0.15, 0.2) is 42.5 Å². The molecule has 1 atom stereocenters. The van der Waals surface area contributed by atoms with E-state index in [0.29, 0.717) is 11.1 Å². The third-order valence-electron chi connectivity index (χ3n) is 5.84. The average Bonchev–Trinajstić information content (AvgIpc) is 3.36. The van der Waals surface area contributed by atoms with Crippen molar-refractivity contribution in [1.29, 1.82) is 0 Å². The fourth-order valence-corrected chi connectivity index (χ4v) is 4.51. The van der Waals surface area contributed by atoms with Gasteiger partial charge in [-0.1, -0.05) is 23.7 Å². The van der Waals surface area contributed by atoms with Crippen molar-refractivity contribution in [2.75, 3.05) is 19.9 Å². The molecule has 150 valence electrons. The number of hydrogen-bond donors (Lipinski definition) is 1. The van der Waals surface area contributed by atoms with Crippen LogP contribution in [0.1, 0.15) is 24.8 Å². The van der Waals surface area contributed by atoms with E-state index in [1.165, 1.54) is 12.0 Å². The van der Waals surface area contributed by atoms with Gasteiger partial charge >= 0.3 is 0 Å². The van der Waals surface area contributed by atoms with Crippen LogP contribution in [0.4, 0.5) is 0 Å². The number of aromatic nitrogens is 1. The van der Waals surface area contributed by atoms with Gasteiger partial charge in [-0.25, -0.2) is 4.98 Å². The van der Waals surface area contributed by atoms with E-state index in [-0.39, 0.29) is 13.4 Å². The van der Waals surface area contributed by atoms with Gasteiger partial charge in [-0.05, 0) is 55.6 Å². The Labute approximate surface area is 174 Å². The minimum atomic E-state index is 0.227. The van der Waals surface area contributed by atoms with Gasteiger partial charge in [-0.3, -0.25) is 4.90 Å². The monoisotopic (exact) mass is 410 g/mol. The number of aliphatic hydroxyl groups excluding tert-OH is 1. The molecule has 0 amide bonds. The van der Waals surface area contributed by atoms with Gasteiger partial charge in [-0.2, -0.15) is 0 Å². The molecule has 2 aliphatic heterocycles. The third-order valence-corrected chi connectivity index (χ3v) is 6.09. The lowest BCUT2D eigenvalue weighted by atomic mass is 10.0. The van der Waals surface area contributed by atoms with Gasteiger partial charge in [0.2, 0.25) is 6.79 Å². The van der Waals surface area contributed by atoms with Crippen molar-refractivity contribution >= 4 is 22.5 Å². The maximum Gasteiger partial charge on any atom is 0.231 e. The van der Waals surface area contributed by atoms with E-state index in [1.54, 1.807) is 0 Å². The van der Waals surface area contributed by atoms with E-state index in [1.807, 2.05) is 36.4 Å². The summed E-state index contributed by atoms with van der Waals surface area (Å²) >= 11 is 6.11. The van der Waals surface area contributed by atoms with Gasteiger partial charge in [0.25, 0.3) is 0 Å². The molecular formula is C23H23ClN2O3. The van der Waals surface area contributed by atoms with E-state index < -0.39 is 0 Å². The summed E-state index contributed by atoms with van der Waals surface area (Å²) in [6.07, 6.45) is 3.12. The fourth-order valence-electron chi connectivity index (χ4n) is 4.38. The zero-order valence-electron chi connectivity index (χ0n) is 16.1. The van der Waals surface area contributed by atoms with Crippen molar-refractivity contribution in [1.82, 2.24) is 9.88 Å². The van der Waals surface area contributed by atoms with Crippen LogP contribution in [0.2, 0.25) is 5.02 Å². The van der Waals surface area contributed by atoms with Gasteiger partial charge < -0.3 is 14.6 Å². The van der Waals surface area contributed by atoms with Crippen LogP contribution in [0.5, 0.6) is 11.5 Å². The first kappa shape index (κ1) is 18.7. The van der Waals surface area contributed by atoms with Crippen molar-refractivity contribution < 1.29 is 14.6 Å². The van der Waals surface area contributed by atoms with Gasteiger partial charge in [0.1, 0.15) is 0 Å². The number of likely N-dealkylation sites (tertiary alicyclic amines) is 1. The fraction of sp³-hybridized carbons (Fsp3) is 0.348. The summed E-state index contributed by atoms with van der Waals surface area (Å²) in [4.78, 5) is 7.47. The van der Waals surface area contributed by atoms with Gasteiger partial charge in [0, 0.05) is 41.2 Å². The average molecular weight is 411 g/mol. The quantitative estimate of drug-likeness (QED) is 0.664. The van der Waals surface area contributed by atoms with E-state index in [9.17, 15) is 5.11 Å². The molecule has 1 fully saturated rings. The number of rotatable bonds is 5. The lowest BCUT2D eigenvalue weighted by Gasteiger charge is -2.25. The van der Waals surface area contributed by atoms with Crippen LogP contribution in [0.25, 0.3) is 22.2 Å². The first-order chi connectivity index (χ1) is 14.2. The molecule has 1 saturated heterocycles. The lowest BCUT2D eigenvalue weighted by Crippen LogP contribution is -2.30. The Hall–Kier alpha value is -2.34. The van der Waals surface area contributed by atoms with E-state index in [4.69, 9.17) is 26.1 Å². The zero-order valence-corrected chi connectivity index (χ0v) is 16.9. The molecule has 0 radical (unpaired) electrons. The van der Waals surface area contributed by atoms with Gasteiger partial charge in [0.05, 0.1) is 11.2 Å². The SMILES string of the molecule is OCC[C@H]1CCCN1Cc1cc2cc3c(cc2nc1-c1ccc(Cl)cc1)OCO3. The second-order valence-electron chi connectivity index (χ2n) is 7.68. The van der Waals surface area contributed by atoms with Crippen molar-refractivity contribution in [2.45, 2.75) is 31.8 Å². The van der Waals surface area contributed by atoms with Crippen molar-refractivity contribution in [3.63, 3.8) is 0 Å². The number of ether oxygens (including phenoxy) is 2. The normalized spacial score (nSPS) is 18.6. The van der Waals surface area contributed by atoms with E-state index >= 15 is 0 Å². The molecular weight excluding hydrogens is 388 g/mol. The van der Waals surface area contributed by atoms with Crippen molar-refractivity contribution in [2.24, 2.45) is 0 Å². The highest BCUT2D eigenvalue weighted by Gasteiger charge is 2.25. The summed E-state index contributed by atoms with van der Waals surface area (Å²) in [7, 11) is 0. The molecule has 1 N–H and O–H groups in total. The van der Waals surface area contributed by atoms with Crippen molar-refractivity contribution in [3.05, 3.63) is 53.1 Å². The number of nitrogens with zero attached hydrogens (tertiary/aromatic N) is 2. The predicted molar refractivity (Wildman–Crippen MR) is 113 cm³/mol. The molecule has 0 saturated carbocycles. The summed E-state index contributed by atoms with van der Waals surface area (Å²) in [5.74, 6) is 1.51. The molecule has 3 aromatic rings. The number of halogens is 1. The van der Waals surface area contributed by atoms with Crippen LogP contribution in [-0.4, -0.2) is 41.0 Å². The Balaban J connectivity index is 1.60. The Morgan fingerprint density at radius 1 is 1.10 bits per heavy atom. The molecule has 2 aromatic carbocycles. The molecule has 0 unspecified atom stereocenters. The van der Waals surface area contributed by atoms with Crippen LogP contribution in [0, 0.1) is 0 Å². The standard InChI is InChI=1S/C23H23ClN2O3/c24-18-5-3-15(4-6-18)23-17(13-26-8-1-2-19(26)7-9-27)10-16-11-21-22(29-14-28-21)12-20(16)25-23/h3-6,10-12,19,27H,1-2,7-9,13-14H2/t19-/m1/s1. The minimum absolute atomic E-state index is 0.227. The van der Waals surface area contributed by atoms with E-state index in [0.717, 1.165) is 59.6 Å². The smallest absolute Gasteiger partial charge is 0.231 e. The molecule has 0 spiro atoms. The summed E-state index contributed by atoms with van der Waals surface area (Å²) in [6.45, 7) is 2.33. The van der Waals surface area contributed by atoms with Gasteiger partial charge in [-0.15, -0.1) is 0 Å². The first-order valence-electron chi connectivity index (χ1n) is 10.1. The Bertz CT molecular complexity index is 1040. The van der Waals surface area contributed by atoms with Crippen LogP contribution in [-0.2, 0) is 6.54 Å². The highest BCUT2D eigenvalue weighted by molar-refractivity contribution is 6.30. The maximum absolute atomic E-state index is 9.42. The number of pyridine rings is 1. The summed E-state index contributed by atoms with van der Waals surface area (Å²) in [5.41, 5.74) is 4.06. The van der Waals surface area contributed by atoms with Crippen LogP contribution in [0.3, 0.4) is 0 Å². The molecule has 2 aliphatic rings. The molecule has 5 rings (SSSR count). The summed E-state index contributed by atoms with van der Waals surface area (Å²) < 4.78 is 11.1. The summed E-state index contributed by atoms with van der Waals surface area (Å²) in [6, 6.07) is 14.4. The molecule has 0 bridgehead atoms. The van der Waals surface area contributed by atoms with Crippen LogP contribution < -0.4 is 9.47 Å². The third kappa shape index (κ3) is 3.66. The Morgan fingerprint density at radius 3 is 2.69 bits per heavy atom. The first-order valence-corrected chi connectivity index (χ1v) is 10.4. The minimum Gasteiger partial charge on any atom is -0.454 e. The highest BCUT2D eigenvalue weighted by atomic mass is 35.5. The van der Waals surface area contributed by atoms with Crippen molar-refractivity contribution in [3.8, 4) is 22.8 Å².